The van der Waals surface area contributed by atoms with Crippen molar-refractivity contribution in [1.29, 1.82) is 0 Å². The third-order valence-electron chi connectivity index (χ3n) is 4.09. The second-order valence-electron chi connectivity index (χ2n) is 5.55. The third-order valence-corrected chi connectivity index (χ3v) is 5.27. The van der Waals surface area contributed by atoms with Crippen molar-refractivity contribution in [2.45, 2.75) is 6.04 Å². The van der Waals surface area contributed by atoms with Crippen molar-refractivity contribution in [3.63, 3.8) is 0 Å². The summed E-state index contributed by atoms with van der Waals surface area (Å²) in [6, 6.07) is 14.8. The normalized spacial score (nSPS) is 17.5. The average molecular weight is 438 g/mol. The van der Waals surface area contributed by atoms with Crippen molar-refractivity contribution in [3.05, 3.63) is 62.5 Å². The minimum Gasteiger partial charge on any atom is -0.382 e. The van der Waals surface area contributed by atoms with E-state index in [2.05, 4.69) is 74.1 Å². The highest BCUT2D eigenvalue weighted by molar-refractivity contribution is 9.10. The Labute approximate surface area is 153 Å². The molecule has 23 heavy (non-hydrogen) atoms. The first kappa shape index (κ1) is 16.7. The van der Waals surface area contributed by atoms with Crippen molar-refractivity contribution < 1.29 is 4.74 Å². The van der Waals surface area contributed by atoms with Crippen LogP contribution >= 0.6 is 31.9 Å². The van der Waals surface area contributed by atoms with E-state index in [1.54, 1.807) is 7.11 Å². The largest absolute Gasteiger partial charge is 0.382 e. The first-order chi connectivity index (χ1) is 11.1. The molecule has 3 rings (SSSR count). The topological polar surface area (TPSA) is 24.8 Å². The van der Waals surface area contributed by atoms with E-state index < -0.39 is 0 Å². The lowest BCUT2D eigenvalue weighted by Gasteiger charge is -2.28. The number of rotatable bonds is 3. The van der Waals surface area contributed by atoms with E-state index in [1.165, 1.54) is 5.69 Å². The van der Waals surface area contributed by atoms with Crippen LogP contribution in [0.2, 0.25) is 0 Å². The van der Waals surface area contributed by atoms with Crippen LogP contribution in [-0.2, 0) is 4.74 Å². The predicted molar refractivity (Wildman–Crippen MR) is 103 cm³/mol. The molecule has 0 saturated heterocycles. The van der Waals surface area contributed by atoms with Crippen molar-refractivity contribution in [3.8, 4) is 0 Å². The standard InChI is InChI=1S/C18H18Br2N2O/c1-22-13(11-23-2)10-21-18(14-5-3-4-6-16(14)20)15-9-12(19)7-8-17(15)22/h3-9,13H,10-11H2,1-2H3. The Morgan fingerprint density at radius 2 is 1.96 bits per heavy atom. The molecule has 3 nitrogen and oxygen atoms in total. The molecule has 0 saturated carbocycles. The van der Waals surface area contributed by atoms with Gasteiger partial charge in [0.2, 0.25) is 0 Å². The zero-order valence-electron chi connectivity index (χ0n) is 13.1. The monoisotopic (exact) mass is 436 g/mol. The predicted octanol–water partition coefficient (Wildman–Crippen LogP) is 4.51. The zero-order chi connectivity index (χ0) is 16.4. The van der Waals surface area contributed by atoms with Gasteiger partial charge in [-0.1, -0.05) is 50.1 Å². The molecule has 0 aromatic heterocycles. The van der Waals surface area contributed by atoms with Gasteiger partial charge in [0.25, 0.3) is 0 Å². The fourth-order valence-electron chi connectivity index (χ4n) is 2.85. The molecule has 1 aliphatic heterocycles. The number of benzodiazepines with no additional fused rings is 1. The third kappa shape index (κ3) is 3.37. The Morgan fingerprint density at radius 1 is 1.17 bits per heavy atom. The molecule has 1 unspecified atom stereocenters. The molecule has 0 radical (unpaired) electrons. The highest BCUT2D eigenvalue weighted by atomic mass is 79.9. The van der Waals surface area contributed by atoms with Crippen LogP contribution in [0.5, 0.6) is 0 Å². The Balaban J connectivity index is 2.18. The molecule has 5 heteroatoms. The van der Waals surface area contributed by atoms with Gasteiger partial charge in [-0.15, -0.1) is 0 Å². The molecule has 1 atom stereocenters. The highest BCUT2D eigenvalue weighted by Gasteiger charge is 2.25. The summed E-state index contributed by atoms with van der Waals surface area (Å²) in [7, 11) is 3.84. The molecular weight excluding hydrogens is 420 g/mol. The van der Waals surface area contributed by atoms with Crippen LogP contribution in [-0.4, -0.2) is 39.1 Å². The summed E-state index contributed by atoms with van der Waals surface area (Å²) in [6.45, 7) is 1.35. The Bertz CT molecular complexity index is 746. The van der Waals surface area contributed by atoms with E-state index in [0.29, 0.717) is 13.2 Å². The first-order valence-electron chi connectivity index (χ1n) is 7.43. The van der Waals surface area contributed by atoms with Gasteiger partial charge in [-0.05, 0) is 24.3 Å². The molecule has 2 aromatic carbocycles. The number of halogens is 2. The quantitative estimate of drug-likeness (QED) is 0.705. The highest BCUT2D eigenvalue weighted by Crippen LogP contribution is 2.32. The smallest absolute Gasteiger partial charge is 0.0752 e. The van der Waals surface area contributed by atoms with Gasteiger partial charge in [0.1, 0.15) is 0 Å². The van der Waals surface area contributed by atoms with Crippen LogP contribution in [0.1, 0.15) is 11.1 Å². The number of aliphatic imine (C=N–C) groups is 1. The molecule has 0 aliphatic carbocycles. The first-order valence-corrected chi connectivity index (χ1v) is 9.01. The van der Waals surface area contributed by atoms with E-state index in [9.17, 15) is 0 Å². The molecule has 1 heterocycles. The number of hydrogen-bond donors (Lipinski definition) is 0. The lowest BCUT2D eigenvalue weighted by Crippen LogP contribution is -2.37. The van der Waals surface area contributed by atoms with E-state index in [1.807, 2.05) is 12.1 Å². The number of ether oxygens (including phenoxy) is 1. The van der Waals surface area contributed by atoms with E-state index in [-0.39, 0.29) is 6.04 Å². The van der Waals surface area contributed by atoms with Gasteiger partial charge in [0.15, 0.2) is 0 Å². The summed E-state index contributed by atoms with van der Waals surface area (Å²) in [5, 5.41) is 0. The minimum absolute atomic E-state index is 0.222. The van der Waals surface area contributed by atoms with Crippen molar-refractivity contribution >= 4 is 43.3 Å². The Kier molecular flexibility index (Phi) is 5.19. The lowest BCUT2D eigenvalue weighted by atomic mass is 10.0. The molecule has 0 bridgehead atoms. The lowest BCUT2D eigenvalue weighted by molar-refractivity contribution is 0.180. The number of hydrogen-bond acceptors (Lipinski definition) is 3. The fraction of sp³-hybridized carbons (Fsp3) is 0.278. The van der Waals surface area contributed by atoms with Crippen LogP contribution in [0.25, 0.3) is 0 Å². The molecular formula is C18H18Br2N2O. The molecule has 0 fully saturated rings. The average Bonchev–Trinajstić information content (AvgIpc) is 2.67. The maximum atomic E-state index is 5.38. The van der Waals surface area contributed by atoms with E-state index in [0.717, 1.165) is 25.8 Å². The van der Waals surface area contributed by atoms with Gasteiger partial charge in [0, 0.05) is 39.9 Å². The zero-order valence-corrected chi connectivity index (χ0v) is 16.3. The minimum atomic E-state index is 0.222. The van der Waals surface area contributed by atoms with Gasteiger partial charge in [-0.3, -0.25) is 4.99 Å². The summed E-state index contributed by atoms with van der Waals surface area (Å²) < 4.78 is 7.49. The number of benzene rings is 2. The molecule has 0 spiro atoms. The number of methoxy groups -OCH3 is 1. The number of nitrogens with zero attached hydrogens (tertiary/aromatic N) is 2. The van der Waals surface area contributed by atoms with Crippen molar-refractivity contribution in [1.82, 2.24) is 0 Å². The van der Waals surface area contributed by atoms with Crippen molar-refractivity contribution in [2.24, 2.45) is 4.99 Å². The fourth-order valence-corrected chi connectivity index (χ4v) is 3.68. The van der Waals surface area contributed by atoms with Gasteiger partial charge >= 0.3 is 0 Å². The van der Waals surface area contributed by atoms with E-state index in [4.69, 9.17) is 9.73 Å². The molecule has 0 amide bonds. The van der Waals surface area contributed by atoms with Gasteiger partial charge in [-0.2, -0.15) is 0 Å². The SMILES string of the molecule is COCC1CN=C(c2ccccc2Br)c2cc(Br)ccc2N1C. The Morgan fingerprint density at radius 3 is 2.70 bits per heavy atom. The van der Waals surface area contributed by atoms with Crippen LogP contribution in [0.4, 0.5) is 5.69 Å². The van der Waals surface area contributed by atoms with Gasteiger partial charge in [-0.25, -0.2) is 0 Å². The summed E-state index contributed by atoms with van der Waals surface area (Å²) in [5.74, 6) is 0. The molecule has 0 N–H and O–H groups in total. The summed E-state index contributed by atoms with van der Waals surface area (Å²) >= 11 is 7.25. The number of anilines is 1. The molecule has 120 valence electrons. The maximum absolute atomic E-state index is 5.38. The second-order valence-corrected chi connectivity index (χ2v) is 7.32. The summed E-state index contributed by atoms with van der Waals surface area (Å²) in [6.07, 6.45) is 0. The number of likely N-dealkylation sites (N-methyl/N-ethyl adjacent to an activating group) is 1. The van der Waals surface area contributed by atoms with Crippen LogP contribution < -0.4 is 4.90 Å². The number of fused-ring (bicyclic) bond motifs is 1. The van der Waals surface area contributed by atoms with Crippen LogP contribution in [0.15, 0.2) is 56.4 Å². The van der Waals surface area contributed by atoms with Gasteiger partial charge in [0.05, 0.1) is 24.9 Å². The summed E-state index contributed by atoms with van der Waals surface area (Å²) in [4.78, 5) is 7.19. The van der Waals surface area contributed by atoms with Crippen LogP contribution in [0.3, 0.4) is 0 Å². The summed E-state index contributed by atoms with van der Waals surface area (Å²) in [5.41, 5.74) is 4.42. The second kappa shape index (κ2) is 7.16. The van der Waals surface area contributed by atoms with Gasteiger partial charge < -0.3 is 9.64 Å². The van der Waals surface area contributed by atoms with E-state index >= 15 is 0 Å². The molecule has 1 aliphatic rings. The maximum Gasteiger partial charge on any atom is 0.0752 e. The Hall–Kier alpha value is -1.17. The molecule has 2 aromatic rings. The van der Waals surface area contributed by atoms with Crippen molar-refractivity contribution in [2.75, 3.05) is 32.2 Å². The van der Waals surface area contributed by atoms with Crippen LogP contribution in [0, 0.1) is 0 Å².